The summed E-state index contributed by atoms with van der Waals surface area (Å²) in [7, 11) is 1.55. The lowest BCUT2D eigenvalue weighted by atomic mass is 9.95. The second-order valence-electron chi connectivity index (χ2n) is 7.24. The number of benzene rings is 3. The minimum Gasteiger partial charge on any atom is -0.505 e. The number of pyridine rings is 1. The molecule has 5 nitrogen and oxygen atoms in total. The number of rotatable bonds is 5. The predicted octanol–water partition coefficient (Wildman–Crippen LogP) is 5.43. The van der Waals surface area contributed by atoms with Gasteiger partial charge in [0.1, 0.15) is 17.0 Å². The molecule has 0 aliphatic heterocycles. The van der Waals surface area contributed by atoms with Gasteiger partial charge in [0, 0.05) is 22.7 Å². The van der Waals surface area contributed by atoms with Crippen molar-refractivity contribution in [3.8, 4) is 11.5 Å². The fraction of sp³-hybridized carbons (Fsp3) is 0.120. The van der Waals surface area contributed by atoms with E-state index in [1.54, 1.807) is 55.8 Å². The molecule has 1 aromatic heterocycles. The van der Waals surface area contributed by atoms with Crippen LogP contribution in [-0.4, -0.2) is 23.1 Å². The van der Waals surface area contributed by atoms with Crippen molar-refractivity contribution in [1.29, 1.82) is 0 Å². The molecule has 0 spiro atoms. The maximum absolute atomic E-state index is 13.1. The number of phenols is 1. The maximum Gasteiger partial charge on any atom is 0.252 e. The number of halogens is 1. The van der Waals surface area contributed by atoms with Crippen LogP contribution in [0.4, 0.5) is 0 Å². The Balaban J connectivity index is 1.82. The molecule has 4 rings (SSSR count). The van der Waals surface area contributed by atoms with Crippen LogP contribution >= 0.6 is 11.6 Å². The molecule has 6 heteroatoms. The molecule has 3 aromatic carbocycles. The zero-order valence-electron chi connectivity index (χ0n) is 17.1. The van der Waals surface area contributed by atoms with Gasteiger partial charge in [-0.1, -0.05) is 47.5 Å². The lowest BCUT2D eigenvalue weighted by Gasteiger charge is -2.22. The molecule has 0 saturated carbocycles. The van der Waals surface area contributed by atoms with Crippen molar-refractivity contribution in [2.24, 2.45) is 0 Å². The molecule has 0 bridgehead atoms. The molecular formula is C25H21ClN2O3. The minimum atomic E-state index is -0.636. The van der Waals surface area contributed by atoms with Crippen molar-refractivity contribution in [3.63, 3.8) is 0 Å². The van der Waals surface area contributed by atoms with Crippen molar-refractivity contribution in [2.45, 2.75) is 13.0 Å². The zero-order chi connectivity index (χ0) is 22.0. The second-order valence-corrected chi connectivity index (χ2v) is 7.65. The van der Waals surface area contributed by atoms with E-state index in [0.717, 1.165) is 11.1 Å². The molecule has 0 saturated heterocycles. The van der Waals surface area contributed by atoms with Crippen molar-refractivity contribution in [3.05, 3.63) is 100 Å². The number of fused-ring (bicyclic) bond motifs is 1. The van der Waals surface area contributed by atoms with E-state index >= 15 is 0 Å². The van der Waals surface area contributed by atoms with E-state index in [9.17, 15) is 9.90 Å². The van der Waals surface area contributed by atoms with Gasteiger partial charge in [0.15, 0.2) is 0 Å². The monoisotopic (exact) mass is 432 g/mol. The fourth-order valence-electron chi connectivity index (χ4n) is 3.50. The summed E-state index contributed by atoms with van der Waals surface area (Å²) >= 11 is 6.50. The topological polar surface area (TPSA) is 71.5 Å². The molecule has 1 amide bonds. The van der Waals surface area contributed by atoms with E-state index in [2.05, 4.69) is 10.3 Å². The van der Waals surface area contributed by atoms with Crippen molar-refractivity contribution in [2.75, 3.05) is 7.11 Å². The van der Waals surface area contributed by atoms with Crippen molar-refractivity contribution in [1.82, 2.24) is 10.3 Å². The first-order valence-electron chi connectivity index (χ1n) is 9.75. The quantitative estimate of drug-likeness (QED) is 0.441. The van der Waals surface area contributed by atoms with Gasteiger partial charge < -0.3 is 15.2 Å². The average Bonchev–Trinajstić information content (AvgIpc) is 2.80. The van der Waals surface area contributed by atoms with Gasteiger partial charge in [-0.05, 0) is 48.9 Å². The second kappa shape index (κ2) is 8.66. The fourth-order valence-corrected chi connectivity index (χ4v) is 3.77. The van der Waals surface area contributed by atoms with Crippen LogP contribution in [0, 0.1) is 6.92 Å². The van der Waals surface area contributed by atoms with Gasteiger partial charge in [-0.3, -0.25) is 9.78 Å². The summed E-state index contributed by atoms with van der Waals surface area (Å²) in [6.07, 6.45) is 1.60. The third kappa shape index (κ3) is 4.18. The molecule has 1 atom stereocenters. The molecule has 1 heterocycles. The molecule has 0 aliphatic rings. The zero-order valence-corrected chi connectivity index (χ0v) is 17.9. The molecule has 0 radical (unpaired) electrons. The number of hydrogen-bond acceptors (Lipinski definition) is 4. The van der Waals surface area contributed by atoms with Crippen LogP contribution in [0.15, 0.2) is 72.9 Å². The van der Waals surface area contributed by atoms with E-state index < -0.39 is 6.04 Å². The molecule has 2 N–H and O–H groups in total. The largest absolute Gasteiger partial charge is 0.505 e. The highest BCUT2D eigenvalue weighted by Gasteiger charge is 2.24. The highest BCUT2D eigenvalue weighted by Crippen LogP contribution is 2.38. The number of aromatic nitrogens is 1. The van der Waals surface area contributed by atoms with Crippen LogP contribution in [0.3, 0.4) is 0 Å². The highest BCUT2D eigenvalue weighted by atomic mass is 35.5. The molecule has 4 aromatic rings. The van der Waals surface area contributed by atoms with Crippen LogP contribution in [0.5, 0.6) is 11.5 Å². The Morgan fingerprint density at radius 3 is 2.61 bits per heavy atom. The van der Waals surface area contributed by atoms with Crippen LogP contribution in [0.2, 0.25) is 5.02 Å². The Hall–Kier alpha value is -3.57. The first-order valence-corrected chi connectivity index (χ1v) is 10.1. The smallest absolute Gasteiger partial charge is 0.252 e. The molecule has 156 valence electrons. The summed E-state index contributed by atoms with van der Waals surface area (Å²) in [5.41, 5.74) is 3.20. The first kappa shape index (κ1) is 20.7. The number of nitrogens with one attached hydrogen (secondary N) is 1. The number of aromatic hydroxyl groups is 1. The Morgan fingerprint density at radius 2 is 1.87 bits per heavy atom. The Kier molecular flexibility index (Phi) is 5.78. The summed E-state index contributed by atoms with van der Waals surface area (Å²) < 4.78 is 5.23. The van der Waals surface area contributed by atoms with E-state index in [1.165, 1.54) is 0 Å². The normalized spacial score (nSPS) is 11.8. The van der Waals surface area contributed by atoms with Gasteiger partial charge in [0.2, 0.25) is 0 Å². The molecule has 0 aliphatic carbocycles. The first-order chi connectivity index (χ1) is 15.0. The predicted molar refractivity (Wildman–Crippen MR) is 122 cm³/mol. The van der Waals surface area contributed by atoms with Crippen LogP contribution in [0.25, 0.3) is 10.9 Å². The number of methoxy groups -OCH3 is 1. The molecular weight excluding hydrogens is 412 g/mol. The summed E-state index contributed by atoms with van der Waals surface area (Å²) in [6.45, 7) is 1.99. The van der Waals surface area contributed by atoms with E-state index in [0.29, 0.717) is 32.8 Å². The van der Waals surface area contributed by atoms with E-state index in [4.69, 9.17) is 16.3 Å². The van der Waals surface area contributed by atoms with Crippen molar-refractivity contribution < 1.29 is 14.6 Å². The number of carbonyl (C=O) groups is 1. The van der Waals surface area contributed by atoms with Gasteiger partial charge in [-0.2, -0.15) is 0 Å². The standard InChI is InChI=1S/C25H21ClN2O3/c1-15-8-10-16(11-9-15)22(28-25(30)17-5-3-6-18(13-17)31-2)20-14-21(26)19-7-4-12-27-23(19)24(20)29/h3-14,22,29H,1-2H3,(H,28,30)/t22-/m0/s1. The Labute approximate surface area is 185 Å². The number of ether oxygens (including phenoxy) is 1. The summed E-state index contributed by atoms with van der Waals surface area (Å²) in [5.74, 6) is 0.262. The number of hydrogen-bond donors (Lipinski definition) is 2. The van der Waals surface area contributed by atoms with Gasteiger partial charge in [-0.25, -0.2) is 0 Å². The molecule has 0 fully saturated rings. The van der Waals surface area contributed by atoms with Gasteiger partial charge in [0.05, 0.1) is 18.2 Å². The molecule has 31 heavy (non-hydrogen) atoms. The van der Waals surface area contributed by atoms with E-state index in [1.807, 2.05) is 31.2 Å². The maximum atomic E-state index is 13.1. The summed E-state index contributed by atoms with van der Waals surface area (Å²) in [4.78, 5) is 17.4. The Morgan fingerprint density at radius 1 is 1.10 bits per heavy atom. The Bertz CT molecular complexity index is 1260. The minimum absolute atomic E-state index is 0.0171. The third-order valence-corrected chi connectivity index (χ3v) is 5.49. The summed E-state index contributed by atoms with van der Waals surface area (Å²) in [6, 6.07) is 19.2. The number of amides is 1. The average molecular weight is 433 g/mol. The molecule has 0 unspecified atom stereocenters. The number of carbonyl (C=O) groups excluding carboxylic acids is 1. The lowest BCUT2D eigenvalue weighted by molar-refractivity contribution is 0.0942. The van der Waals surface area contributed by atoms with Crippen molar-refractivity contribution >= 4 is 28.4 Å². The SMILES string of the molecule is COc1cccc(C(=O)N[C@@H](c2ccc(C)cc2)c2cc(Cl)c3cccnc3c2O)c1. The van der Waals surface area contributed by atoms with Gasteiger partial charge >= 0.3 is 0 Å². The van der Waals surface area contributed by atoms with Gasteiger partial charge in [-0.15, -0.1) is 0 Å². The number of phenolic OH excluding ortho intramolecular Hbond substituents is 1. The number of aryl methyl sites for hydroxylation is 1. The van der Waals surface area contributed by atoms with Crippen LogP contribution in [-0.2, 0) is 0 Å². The highest BCUT2D eigenvalue weighted by molar-refractivity contribution is 6.35. The summed E-state index contributed by atoms with van der Waals surface area (Å²) in [5, 5.41) is 15.2. The number of nitrogens with zero attached hydrogens (tertiary/aromatic N) is 1. The van der Waals surface area contributed by atoms with Gasteiger partial charge in [0.25, 0.3) is 5.91 Å². The van der Waals surface area contributed by atoms with Crippen LogP contribution in [0.1, 0.15) is 33.1 Å². The third-order valence-electron chi connectivity index (χ3n) is 5.17. The van der Waals surface area contributed by atoms with Crippen LogP contribution < -0.4 is 10.1 Å². The van der Waals surface area contributed by atoms with E-state index in [-0.39, 0.29) is 11.7 Å². The lowest BCUT2D eigenvalue weighted by Crippen LogP contribution is -2.29.